The third-order valence-electron chi connectivity index (χ3n) is 3.16. The first-order valence-corrected chi connectivity index (χ1v) is 9.05. The quantitative estimate of drug-likeness (QED) is 0.297. The number of rotatable bonds is 4. The molecule has 3 aromatic rings. The molecule has 0 fully saturated rings. The van der Waals surface area contributed by atoms with E-state index < -0.39 is 16.4 Å². The highest BCUT2D eigenvalue weighted by Crippen LogP contribution is 2.33. The Balaban J connectivity index is 1.97. The topological polar surface area (TPSA) is 88.6 Å². The highest BCUT2D eigenvalue weighted by molar-refractivity contribution is 8.00. The highest BCUT2D eigenvalue weighted by atomic mass is 35.5. The number of fused-ring (bicyclic) bond motifs is 1. The van der Waals surface area contributed by atoms with Crippen LogP contribution in [0.1, 0.15) is 5.56 Å². The zero-order chi connectivity index (χ0) is 17.3. The van der Waals surface area contributed by atoms with Gasteiger partial charge in [0.2, 0.25) is 5.75 Å². The van der Waals surface area contributed by atoms with Gasteiger partial charge in [0.05, 0.1) is 20.8 Å². The Morgan fingerprint density at radius 1 is 1.42 bits per heavy atom. The molecular weight excluding hydrogens is 370 g/mol. The molecule has 0 aliphatic heterocycles. The van der Waals surface area contributed by atoms with Gasteiger partial charge < -0.3 is 5.11 Å². The second kappa shape index (κ2) is 6.76. The molecule has 1 N–H and O–H groups in total. The number of hydrogen-bond acceptors (Lipinski definition) is 7. The molecule has 9 heteroatoms. The summed E-state index contributed by atoms with van der Waals surface area (Å²) in [6.07, 6.45) is 3.32. The minimum Gasteiger partial charge on any atom is -0.502 e. The fourth-order valence-corrected chi connectivity index (χ4v) is 3.79. The lowest BCUT2D eigenvalue weighted by molar-refractivity contribution is -0.385. The smallest absolute Gasteiger partial charge is 0.312 e. The van der Waals surface area contributed by atoms with Crippen LogP contribution in [0.5, 0.6) is 5.75 Å². The van der Waals surface area contributed by atoms with E-state index in [1.807, 2.05) is 18.4 Å². The first-order valence-electron chi connectivity index (χ1n) is 6.63. The molecular formula is C15H10ClN3O3S2. The molecule has 0 bridgehead atoms. The molecule has 122 valence electrons. The zero-order valence-electron chi connectivity index (χ0n) is 12.3. The Hall–Kier alpha value is -2.16. The maximum atomic E-state index is 10.9. The number of nitro benzene ring substituents is 1. The Kier molecular flexibility index (Phi) is 4.70. The second-order valence-electron chi connectivity index (χ2n) is 4.71. The predicted molar refractivity (Wildman–Crippen MR) is 98.4 cm³/mol. The van der Waals surface area contributed by atoms with Gasteiger partial charge in [-0.3, -0.25) is 15.1 Å². The monoisotopic (exact) mass is 379 g/mol. The molecule has 0 aliphatic carbocycles. The van der Waals surface area contributed by atoms with Gasteiger partial charge in [0.15, 0.2) is 4.34 Å². The molecule has 24 heavy (non-hydrogen) atoms. The van der Waals surface area contributed by atoms with Crippen molar-refractivity contribution in [2.45, 2.75) is 4.34 Å². The maximum Gasteiger partial charge on any atom is 0.312 e. The van der Waals surface area contributed by atoms with Crippen molar-refractivity contribution < 1.29 is 10.0 Å². The fraction of sp³-hybridized carbons (Fsp3) is 0.0667. The number of thioether (sulfide) groups is 1. The average Bonchev–Trinajstić information content (AvgIpc) is 2.97. The molecule has 1 aromatic heterocycles. The van der Waals surface area contributed by atoms with Crippen LogP contribution in [-0.4, -0.2) is 27.5 Å². The number of phenolic OH excluding ortho intramolecular Hbond substituents is 1. The van der Waals surface area contributed by atoms with Crippen LogP contribution in [0.4, 0.5) is 11.4 Å². The summed E-state index contributed by atoms with van der Waals surface area (Å²) in [4.78, 5) is 18.9. The number of hydrogen-bond donors (Lipinski definition) is 1. The summed E-state index contributed by atoms with van der Waals surface area (Å²) in [7, 11) is 0. The lowest BCUT2D eigenvalue weighted by Gasteiger charge is -2.01. The third-order valence-corrected chi connectivity index (χ3v) is 5.38. The van der Waals surface area contributed by atoms with Crippen LogP contribution in [0.25, 0.3) is 10.2 Å². The number of benzene rings is 2. The van der Waals surface area contributed by atoms with Crippen LogP contribution >= 0.6 is 34.7 Å². The van der Waals surface area contributed by atoms with Gasteiger partial charge >= 0.3 is 5.69 Å². The molecule has 0 unspecified atom stereocenters. The summed E-state index contributed by atoms with van der Waals surface area (Å²) in [5.74, 6) is -0.461. The van der Waals surface area contributed by atoms with E-state index in [1.165, 1.54) is 12.3 Å². The SMILES string of the molecule is CSc1nc2ccc(N=Cc3cc(Cl)cc([N+](=O)[O-])c3O)cc2s1. The normalized spacial score (nSPS) is 11.4. The van der Waals surface area contributed by atoms with Crippen molar-refractivity contribution in [2.24, 2.45) is 4.99 Å². The largest absolute Gasteiger partial charge is 0.502 e. The van der Waals surface area contributed by atoms with Crippen LogP contribution in [0.15, 0.2) is 39.7 Å². The van der Waals surface area contributed by atoms with E-state index in [4.69, 9.17) is 11.6 Å². The number of aromatic nitrogens is 1. The van der Waals surface area contributed by atoms with Crippen LogP contribution in [-0.2, 0) is 0 Å². The van der Waals surface area contributed by atoms with Gasteiger partial charge in [-0.25, -0.2) is 4.98 Å². The zero-order valence-corrected chi connectivity index (χ0v) is 14.7. The summed E-state index contributed by atoms with van der Waals surface area (Å²) in [5, 5.41) is 21.0. The lowest BCUT2D eigenvalue weighted by atomic mass is 10.2. The van der Waals surface area contributed by atoms with Crippen molar-refractivity contribution >= 4 is 62.5 Å². The summed E-state index contributed by atoms with van der Waals surface area (Å²) in [6.45, 7) is 0. The van der Waals surface area contributed by atoms with Crippen molar-refractivity contribution in [1.29, 1.82) is 0 Å². The van der Waals surface area contributed by atoms with E-state index in [-0.39, 0.29) is 10.6 Å². The molecule has 0 aliphatic rings. The Morgan fingerprint density at radius 3 is 2.92 bits per heavy atom. The molecule has 0 radical (unpaired) electrons. The summed E-state index contributed by atoms with van der Waals surface area (Å²) < 4.78 is 1.96. The predicted octanol–water partition coefficient (Wildman–Crippen LogP) is 5.04. The number of phenols is 1. The molecule has 0 atom stereocenters. The van der Waals surface area contributed by atoms with Gasteiger partial charge in [-0.15, -0.1) is 11.3 Å². The number of thiazole rings is 1. The van der Waals surface area contributed by atoms with E-state index in [0.29, 0.717) is 5.69 Å². The van der Waals surface area contributed by atoms with Gasteiger partial charge in [0, 0.05) is 22.9 Å². The fourth-order valence-electron chi connectivity index (χ4n) is 2.05. The number of aromatic hydroxyl groups is 1. The number of aliphatic imine (C=N–C) groups is 1. The summed E-state index contributed by atoms with van der Waals surface area (Å²) >= 11 is 9.00. The van der Waals surface area contributed by atoms with Gasteiger partial charge in [-0.1, -0.05) is 23.4 Å². The summed E-state index contributed by atoms with van der Waals surface area (Å²) in [5.41, 5.74) is 1.28. The molecule has 6 nitrogen and oxygen atoms in total. The van der Waals surface area contributed by atoms with Crippen LogP contribution in [0.2, 0.25) is 5.02 Å². The van der Waals surface area contributed by atoms with Crippen LogP contribution in [0, 0.1) is 10.1 Å². The molecule has 0 amide bonds. The van der Waals surface area contributed by atoms with Gasteiger partial charge in [0.25, 0.3) is 0 Å². The van der Waals surface area contributed by atoms with Gasteiger partial charge in [-0.2, -0.15) is 0 Å². The standard InChI is InChI=1S/C15H10ClN3O3S2/c1-23-15-18-11-3-2-10(6-13(11)24-15)17-7-8-4-9(16)5-12(14(8)20)19(21)22/h2-7,20H,1H3. The molecule has 1 heterocycles. The number of nitro groups is 1. The first-order chi connectivity index (χ1) is 11.5. The molecule has 2 aromatic carbocycles. The molecule has 0 spiro atoms. The number of halogens is 1. The van der Waals surface area contributed by atoms with E-state index in [2.05, 4.69) is 9.98 Å². The van der Waals surface area contributed by atoms with Crippen molar-refractivity contribution in [3.63, 3.8) is 0 Å². The van der Waals surface area contributed by atoms with E-state index in [9.17, 15) is 15.2 Å². The van der Waals surface area contributed by atoms with Crippen molar-refractivity contribution in [3.8, 4) is 5.75 Å². The van der Waals surface area contributed by atoms with Crippen LogP contribution < -0.4 is 0 Å². The van der Waals surface area contributed by atoms with Crippen molar-refractivity contribution in [3.05, 3.63) is 51.0 Å². The minimum atomic E-state index is -0.689. The van der Waals surface area contributed by atoms with Crippen LogP contribution in [0.3, 0.4) is 0 Å². The highest BCUT2D eigenvalue weighted by Gasteiger charge is 2.17. The second-order valence-corrected chi connectivity index (χ2v) is 7.23. The number of nitrogens with zero attached hydrogens (tertiary/aromatic N) is 3. The Labute approximate surface area is 150 Å². The molecule has 0 saturated heterocycles. The molecule has 0 saturated carbocycles. The lowest BCUT2D eigenvalue weighted by Crippen LogP contribution is -1.92. The van der Waals surface area contributed by atoms with Gasteiger partial charge in [0.1, 0.15) is 0 Å². The van der Waals surface area contributed by atoms with Crippen molar-refractivity contribution in [1.82, 2.24) is 4.98 Å². The molecule has 3 rings (SSSR count). The minimum absolute atomic E-state index is 0.156. The van der Waals surface area contributed by atoms with E-state index >= 15 is 0 Å². The first kappa shape index (κ1) is 16.7. The van der Waals surface area contributed by atoms with Crippen molar-refractivity contribution in [2.75, 3.05) is 6.26 Å². The van der Waals surface area contributed by atoms with Gasteiger partial charge in [-0.05, 0) is 30.5 Å². The Bertz CT molecular complexity index is 972. The average molecular weight is 380 g/mol. The van der Waals surface area contributed by atoms with E-state index in [0.717, 1.165) is 20.6 Å². The summed E-state index contributed by atoms with van der Waals surface area (Å²) in [6, 6.07) is 8.04. The Morgan fingerprint density at radius 2 is 2.21 bits per heavy atom. The maximum absolute atomic E-state index is 10.9. The third kappa shape index (κ3) is 3.35. The van der Waals surface area contributed by atoms with E-state index in [1.54, 1.807) is 29.2 Å².